The van der Waals surface area contributed by atoms with E-state index in [1.807, 2.05) is 12.2 Å². The summed E-state index contributed by atoms with van der Waals surface area (Å²) in [4.78, 5) is 40.5. The molecule has 2 amide bonds. The van der Waals surface area contributed by atoms with E-state index in [0.29, 0.717) is 23.5 Å². The van der Waals surface area contributed by atoms with Crippen LogP contribution >= 0.6 is 0 Å². The number of carboxylic acids is 1. The number of aromatic nitrogens is 1. The SMILES string of the molecule is O=C(Nc1ccccn1)c1ccc(NC(=O)[C@H]2[C@H](C(=O)O)[C@H]3C=C[C@H]2C3)cc1. The van der Waals surface area contributed by atoms with Crippen molar-refractivity contribution < 1.29 is 19.5 Å². The maximum atomic E-state index is 12.7. The molecule has 28 heavy (non-hydrogen) atoms. The zero-order chi connectivity index (χ0) is 19.7. The summed E-state index contributed by atoms with van der Waals surface area (Å²) in [5, 5.41) is 15.0. The second-order valence-corrected chi connectivity index (χ2v) is 7.07. The lowest BCUT2D eigenvalue weighted by molar-refractivity contribution is -0.146. The number of aliphatic carboxylic acids is 1. The normalized spacial score (nSPS) is 24.7. The lowest BCUT2D eigenvalue weighted by Crippen LogP contribution is -2.36. The molecule has 0 aliphatic heterocycles. The number of hydrogen-bond donors (Lipinski definition) is 3. The quantitative estimate of drug-likeness (QED) is 0.695. The molecule has 3 N–H and O–H groups in total. The Kier molecular flexibility index (Phi) is 4.65. The Balaban J connectivity index is 1.42. The molecule has 0 saturated heterocycles. The average Bonchev–Trinajstić information content (AvgIpc) is 3.31. The van der Waals surface area contributed by atoms with Crippen molar-refractivity contribution in [3.63, 3.8) is 0 Å². The van der Waals surface area contributed by atoms with Crippen molar-refractivity contribution >= 4 is 29.3 Å². The number of rotatable bonds is 5. The number of carbonyl (C=O) groups excluding carboxylic acids is 2. The third-order valence-electron chi connectivity index (χ3n) is 5.37. The molecule has 1 saturated carbocycles. The number of nitrogens with zero attached hydrogens (tertiary/aromatic N) is 1. The zero-order valence-electron chi connectivity index (χ0n) is 14.9. The maximum absolute atomic E-state index is 12.7. The van der Waals surface area contributed by atoms with Crippen LogP contribution < -0.4 is 10.6 Å². The number of benzene rings is 1. The minimum Gasteiger partial charge on any atom is -0.481 e. The van der Waals surface area contributed by atoms with Gasteiger partial charge in [-0.15, -0.1) is 0 Å². The van der Waals surface area contributed by atoms with Crippen LogP contribution in [-0.2, 0) is 9.59 Å². The Morgan fingerprint density at radius 3 is 2.29 bits per heavy atom. The van der Waals surface area contributed by atoms with E-state index in [1.165, 1.54) is 0 Å². The Labute approximate surface area is 161 Å². The number of nitrogens with one attached hydrogen (secondary N) is 2. The summed E-state index contributed by atoms with van der Waals surface area (Å²) < 4.78 is 0. The fraction of sp³-hybridized carbons (Fsp3) is 0.238. The molecule has 7 heteroatoms. The van der Waals surface area contributed by atoms with Crippen LogP contribution in [0.3, 0.4) is 0 Å². The topological polar surface area (TPSA) is 108 Å². The lowest BCUT2D eigenvalue weighted by atomic mass is 9.82. The Bertz CT molecular complexity index is 940. The molecular weight excluding hydrogens is 358 g/mol. The standard InChI is InChI=1S/C21H19N3O4/c25-19(24-16-3-1-2-10-22-16)12-6-8-15(9-7-12)23-20(26)17-13-4-5-14(11-13)18(17)21(27)28/h1-10,13-14,17-18H,11H2,(H,23,26)(H,27,28)(H,22,24,25)/t13-,14-,17+,18+/m0/s1. The second-order valence-electron chi connectivity index (χ2n) is 7.07. The monoisotopic (exact) mass is 377 g/mol. The van der Waals surface area contributed by atoms with Crippen molar-refractivity contribution in [1.82, 2.24) is 4.98 Å². The Morgan fingerprint density at radius 1 is 0.929 bits per heavy atom. The van der Waals surface area contributed by atoms with Gasteiger partial charge >= 0.3 is 5.97 Å². The predicted octanol–water partition coefficient (Wildman–Crippen LogP) is 2.80. The zero-order valence-corrected chi connectivity index (χ0v) is 14.9. The van der Waals surface area contributed by atoms with Gasteiger partial charge in [-0.25, -0.2) is 4.98 Å². The van der Waals surface area contributed by atoms with E-state index in [2.05, 4.69) is 15.6 Å². The molecule has 0 unspecified atom stereocenters. The molecule has 2 bridgehead atoms. The summed E-state index contributed by atoms with van der Waals surface area (Å²) >= 11 is 0. The summed E-state index contributed by atoms with van der Waals surface area (Å²) in [6.45, 7) is 0. The van der Waals surface area contributed by atoms with Crippen LogP contribution in [-0.4, -0.2) is 27.9 Å². The maximum Gasteiger partial charge on any atom is 0.307 e. The molecule has 2 aliphatic rings. The summed E-state index contributed by atoms with van der Waals surface area (Å²) in [7, 11) is 0. The molecule has 4 rings (SSSR count). The van der Waals surface area contributed by atoms with Gasteiger partial charge in [0.05, 0.1) is 11.8 Å². The van der Waals surface area contributed by atoms with Gasteiger partial charge in [0.2, 0.25) is 5.91 Å². The molecule has 4 atom stereocenters. The molecule has 2 aromatic rings. The summed E-state index contributed by atoms with van der Waals surface area (Å²) in [6, 6.07) is 11.7. The molecule has 1 fully saturated rings. The second kappa shape index (κ2) is 7.26. The molecule has 2 aliphatic carbocycles. The molecule has 0 spiro atoms. The highest BCUT2D eigenvalue weighted by Crippen LogP contribution is 2.48. The minimum absolute atomic E-state index is 0.0328. The summed E-state index contributed by atoms with van der Waals surface area (Å²) in [5.74, 6) is -2.44. The van der Waals surface area contributed by atoms with E-state index in [0.717, 1.165) is 0 Å². The number of carbonyl (C=O) groups is 3. The average molecular weight is 377 g/mol. The highest BCUT2D eigenvalue weighted by atomic mass is 16.4. The van der Waals surface area contributed by atoms with E-state index >= 15 is 0 Å². The number of hydrogen-bond acceptors (Lipinski definition) is 4. The van der Waals surface area contributed by atoms with E-state index < -0.39 is 17.8 Å². The first kappa shape index (κ1) is 17.9. The van der Waals surface area contributed by atoms with Crippen LogP contribution in [0, 0.1) is 23.7 Å². The first-order chi connectivity index (χ1) is 13.5. The number of carboxylic acid groups (broad SMARTS) is 1. The van der Waals surface area contributed by atoms with Crippen molar-refractivity contribution in [2.24, 2.45) is 23.7 Å². The third-order valence-corrected chi connectivity index (χ3v) is 5.37. The number of allylic oxidation sites excluding steroid dienone is 2. The van der Waals surface area contributed by atoms with Crippen LogP contribution in [0.25, 0.3) is 0 Å². The number of pyridine rings is 1. The van der Waals surface area contributed by atoms with Gasteiger partial charge in [-0.1, -0.05) is 18.2 Å². The predicted molar refractivity (Wildman–Crippen MR) is 103 cm³/mol. The van der Waals surface area contributed by atoms with E-state index in [9.17, 15) is 19.5 Å². The molecule has 1 aromatic heterocycles. The smallest absolute Gasteiger partial charge is 0.307 e. The van der Waals surface area contributed by atoms with Crippen LogP contribution in [0.2, 0.25) is 0 Å². The number of fused-ring (bicyclic) bond motifs is 2. The first-order valence-corrected chi connectivity index (χ1v) is 9.07. The van der Waals surface area contributed by atoms with Crippen LogP contribution in [0.5, 0.6) is 0 Å². The van der Waals surface area contributed by atoms with E-state index in [-0.39, 0.29) is 23.7 Å². The number of anilines is 2. The fourth-order valence-electron chi connectivity index (χ4n) is 4.07. The minimum atomic E-state index is -0.932. The highest BCUT2D eigenvalue weighted by Gasteiger charge is 2.51. The fourth-order valence-corrected chi connectivity index (χ4v) is 4.07. The molecule has 142 valence electrons. The van der Waals surface area contributed by atoms with Crippen molar-refractivity contribution in [1.29, 1.82) is 0 Å². The van der Waals surface area contributed by atoms with Gasteiger partial charge in [0.25, 0.3) is 5.91 Å². The largest absolute Gasteiger partial charge is 0.481 e. The summed E-state index contributed by atoms with van der Waals surface area (Å²) in [5.41, 5.74) is 0.949. The number of amides is 2. The molecular formula is C21H19N3O4. The van der Waals surface area contributed by atoms with Crippen molar-refractivity contribution in [3.8, 4) is 0 Å². The van der Waals surface area contributed by atoms with Gasteiger partial charge in [-0.2, -0.15) is 0 Å². The van der Waals surface area contributed by atoms with Crippen molar-refractivity contribution in [2.45, 2.75) is 6.42 Å². The van der Waals surface area contributed by atoms with Gasteiger partial charge in [0.1, 0.15) is 5.82 Å². The summed E-state index contributed by atoms with van der Waals surface area (Å²) in [6.07, 6.45) is 6.15. The van der Waals surface area contributed by atoms with Crippen molar-refractivity contribution in [3.05, 3.63) is 66.4 Å². The lowest BCUT2D eigenvalue weighted by Gasteiger charge is -2.23. The molecule has 1 aromatic carbocycles. The van der Waals surface area contributed by atoms with E-state index in [4.69, 9.17) is 0 Å². The van der Waals surface area contributed by atoms with Gasteiger partial charge < -0.3 is 15.7 Å². The van der Waals surface area contributed by atoms with Crippen LogP contribution in [0.4, 0.5) is 11.5 Å². The van der Waals surface area contributed by atoms with Gasteiger partial charge in [0, 0.05) is 17.4 Å². The van der Waals surface area contributed by atoms with Gasteiger partial charge in [-0.05, 0) is 54.7 Å². The molecule has 0 radical (unpaired) electrons. The molecule has 7 nitrogen and oxygen atoms in total. The van der Waals surface area contributed by atoms with Crippen LogP contribution in [0.1, 0.15) is 16.8 Å². The van der Waals surface area contributed by atoms with E-state index in [1.54, 1.807) is 48.7 Å². The highest BCUT2D eigenvalue weighted by molar-refractivity contribution is 6.04. The van der Waals surface area contributed by atoms with Gasteiger partial charge in [-0.3, -0.25) is 14.4 Å². The van der Waals surface area contributed by atoms with Crippen molar-refractivity contribution in [2.75, 3.05) is 10.6 Å². The Hall–Kier alpha value is -3.48. The third kappa shape index (κ3) is 3.38. The van der Waals surface area contributed by atoms with Gasteiger partial charge in [0.15, 0.2) is 0 Å². The van der Waals surface area contributed by atoms with Crippen LogP contribution in [0.15, 0.2) is 60.8 Å². The first-order valence-electron chi connectivity index (χ1n) is 9.07. The molecule has 1 heterocycles. The Morgan fingerprint density at radius 2 is 1.64 bits per heavy atom.